The normalized spacial score (nSPS) is 14.1. The van der Waals surface area contributed by atoms with Crippen LogP contribution in [0.5, 0.6) is 5.75 Å². The third-order valence-corrected chi connectivity index (χ3v) is 6.18. The van der Waals surface area contributed by atoms with Gasteiger partial charge in [0.15, 0.2) is 5.78 Å². The lowest BCUT2D eigenvalue weighted by Gasteiger charge is -2.36. The first-order valence-electron chi connectivity index (χ1n) is 11.8. The molecule has 0 bridgehead atoms. The molecule has 0 atom stereocenters. The minimum absolute atomic E-state index is 0.0139. The van der Waals surface area contributed by atoms with Crippen molar-refractivity contribution in [3.05, 3.63) is 95.6 Å². The predicted octanol–water partition coefficient (Wildman–Crippen LogP) is 4.15. The fourth-order valence-electron chi connectivity index (χ4n) is 4.23. The van der Waals surface area contributed by atoms with Gasteiger partial charge in [0.25, 0.3) is 5.91 Å². The lowest BCUT2D eigenvalue weighted by Crippen LogP contribution is -2.46. The van der Waals surface area contributed by atoms with Crippen molar-refractivity contribution in [2.24, 2.45) is 5.73 Å². The summed E-state index contributed by atoms with van der Waals surface area (Å²) >= 11 is 0. The lowest BCUT2D eigenvalue weighted by atomic mass is 10.0. The third-order valence-electron chi connectivity index (χ3n) is 6.18. The first kappa shape index (κ1) is 23.5. The molecule has 3 aromatic rings. The molecule has 1 aliphatic rings. The fourth-order valence-corrected chi connectivity index (χ4v) is 4.23. The smallest absolute Gasteiger partial charge is 0.252 e. The van der Waals surface area contributed by atoms with Crippen LogP contribution in [0.4, 0.5) is 5.69 Å². The van der Waals surface area contributed by atoms with Crippen LogP contribution in [0.1, 0.15) is 39.1 Å². The molecule has 6 heteroatoms. The molecule has 0 aliphatic carbocycles. The zero-order valence-corrected chi connectivity index (χ0v) is 19.4. The van der Waals surface area contributed by atoms with E-state index in [1.54, 1.807) is 18.2 Å². The van der Waals surface area contributed by atoms with Gasteiger partial charge in [0.2, 0.25) is 0 Å². The molecular formula is C28H31N3O3. The molecule has 2 N–H and O–H groups in total. The Bertz CT molecular complexity index is 1090. The maximum absolute atomic E-state index is 12.8. The van der Waals surface area contributed by atoms with Gasteiger partial charge in [0, 0.05) is 43.9 Å². The lowest BCUT2D eigenvalue weighted by molar-refractivity contribution is 0.0974. The Labute approximate surface area is 200 Å². The van der Waals surface area contributed by atoms with E-state index in [9.17, 15) is 9.59 Å². The molecule has 0 spiro atoms. The van der Waals surface area contributed by atoms with E-state index in [1.165, 1.54) is 5.69 Å². The monoisotopic (exact) mass is 457 g/mol. The number of hydrogen-bond donors (Lipinski definition) is 1. The zero-order chi connectivity index (χ0) is 23.8. The van der Waals surface area contributed by atoms with Gasteiger partial charge in [-0.05, 0) is 48.9 Å². The second-order valence-electron chi connectivity index (χ2n) is 8.54. The number of nitrogens with zero attached hydrogens (tertiary/aromatic N) is 2. The molecule has 1 heterocycles. The van der Waals surface area contributed by atoms with Crippen LogP contribution in [0.15, 0.2) is 78.9 Å². The highest BCUT2D eigenvalue weighted by molar-refractivity contribution is 6.01. The highest BCUT2D eigenvalue weighted by atomic mass is 16.5. The summed E-state index contributed by atoms with van der Waals surface area (Å²) in [5.74, 6) is -0.196. The molecule has 0 saturated carbocycles. The first-order valence-corrected chi connectivity index (χ1v) is 11.8. The summed E-state index contributed by atoms with van der Waals surface area (Å²) in [5.41, 5.74) is 8.54. The molecule has 176 valence electrons. The summed E-state index contributed by atoms with van der Waals surface area (Å²) in [5, 5.41) is 0. The number of nitrogens with two attached hydrogens (primary N) is 1. The van der Waals surface area contributed by atoms with Crippen molar-refractivity contribution < 1.29 is 14.3 Å². The number of primary amides is 1. The van der Waals surface area contributed by atoms with Crippen LogP contribution in [0.2, 0.25) is 0 Å². The number of carbonyl (C=O) groups excluding carboxylic acids is 2. The Morgan fingerprint density at radius 3 is 2.21 bits per heavy atom. The maximum Gasteiger partial charge on any atom is 0.252 e. The van der Waals surface area contributed by atoms with Crippen LogP contribution in [0.25, 0.3) is 0 Å². The van der Waals surface area contributed by atoms with E-state index in [1.807, 2.05) is 36.4 Å². The number of para-hydroxylation sites is 1. The van der Waals surface area contributed by atoms with Crippen molar-refractivity contribution in [2.75, 3.05) is 37.6 Å². The minimum atomic E-state index is -0.603. The van der Waals surface area contributed by atoms with Gasteiger partial charge in [0.1, 0.15) is 12.4 Å². The van der Waals surface area contributed by atoms with Gasteiger partial charge in [-0.2, -0.15) is 0 Å². The maximum atomic E-state index is 12.8. The summed E-state index contributed by atoms with van der Waals surface area (Å²) in [6.07, 6.45) is 1.21. The number of rotatable bonds is 10. The molecule has 1 aliphatic heterocycles. The van der Waals surface area contributed by atoms with Gasteiger partial charge < -0.3 is 15.4 Å². The Morgan fingerprint density at radius 1 is 0.853 bits per heavy atom. The standard InChI is InChI=1S/C28H31N3O3/c29-28(33)25-20-23(13-14-27(25)34-21-22-8-3-1-4-9-22)26(32)12-7-15-30-16-18-31(19-17-30)24-10-5-2-6-11-24/h1-6,8-11,13-14,20H,7,12,15-19,21H2,(H2,29,33). The Kier molecular flexibility index (Phi) is 7.94. The molecule has 1 fully saturated rings. The molecular weight excluding hydrogens is 426 g/mol. The van der Waals surface area contributed by atoms with Crippen LogP contribution in [-0.4, -0.2) is 49.3 Å². The van der Waals surface area contributed by atoms with Crippen molar-refractivity contribution in [1.29, 1.82) is 0 Å². The fraction of sp³-hybridized carbons (Fsp3) is 0.286. The van der Waals surface area contributed by atoms with Crippen LogP contribution in [0.3, 0.4) is 0 Å². The number of anilines is 1. The summed E-state index contributed by atoms with van der Waals surface area (Å²) in [6.45, 7) is 5.17. The first-order chi connectivity index (χ1) is 16.6. The second-order valence-corrected chi connectivity index (χ2v) is 8.54. The van der Waals surface area contributed by atoms with E-state index in [0.29, 0.717) is 24.3 Å². The largest absolute Gasteiger partial charge is 0.488 e. The van der Waals surface area contributed by atoms with E-state index >= 15 is 0 Å². The van der Waals surface area contributed by atoms with Crippen LogP contribution in [0, 0.1) is 0 Å². The number of ether oxygens (including phenoxy) is 1. The molecule has 34 heavy (non-hydrogen) atoms. The molecule has 6 nitrogen and oxygen atoms in total. The Balaban J connectivity index is 1.26. The predicted molar refractivity (Wildman–Crippen MR) is 134 cm³/mol. The van der Waals surface area contributed by atoms with E-state index < -0.39 is 5.91 Å². The Morgan fingerprint density at radius 2 is 1.53 bits per heavy atom. The number of ketones is 1. The minimum Gasteiger partial charge on any atom is -0.488 e. The highest BCUT2D eigenvalue weighted by Crippen LogP contribution is 2.22. The van der Waals surface area contributed by atoms with Crippen LogP contribution in [-0.2, 0) is 6.61 Å². The third kappa shape index (κ3) is 6.23. The molecule has 0 radical (unpaired) electrons. The van der Waals surface area contributed by atoms with E-state index in [2.05, 4.69) is 34.1 Å². The number of hydrogen-bond acceptors (Lipinski definition) is 5. The molecule has 0 aromatic heterocycles. The zero-order valence-electron chi connectivity index (χ0n) is 19.4. The molecule has 3 aromatic carbocycles. The van der Waals surface area contributed by atoms with Crippen molar-refractivity contribution in [3.8, 4) is 5.75 Å². The van der Waals surface area contributed by atoms with Gasteiger partial charge >= 0.3 is 0 Å². The van der Waals surface area contributed by atoms with Gasteiger partial charge in [-0.25, -0.2) is 0 Å². The SMILES string of the molecule is NC(=O)c1cc(C(=O)CCCN2CCN(c3ccccc3)CC2)ccc1OCc1ccccc1. The molecule has 1 saturated heterocycles. The molecule has 1 amide bonds. The van der Waals surface area contributed by atoms with Crippen molar-refractivity contribution >= 4 is 17.4 Å². The van der Waals surface area contributed by atoms with E-state index in [-0.39, 0.29) is 11.3 Å². The molecule has 4 rings (SSSR count). The Hall–Kier alpha value is -3.64. The highest BCUT2D eigenvalue weighted by Gasteiger charge is 2.18. The van der Waals surface area contributed by atoms with Gasteiger partial charge in [-0.1, -0.05) is 48.5 Å². The van der Waals surface area contributed by atoms with Gasteiger partial charge in [0.05, 0.1) is 5.56 Å². The average Bonchev–Trinajstić information content (AvgIpc) is 2.89. The van der Waals surface area contributed by atoms with E-state index in [0.717, 1.165) is 44.7 Å². The topological polar surface area (TPSA) is 75.9 Å². The van der Waals surface area contributed by atoms with Gasteiger partial charge in [-0.15, -0.1) is 0 Å². The number of amides is 1. The summed E-state index contributed by atoms with van der Waals surface area (Å²) < 4.78 is 5.80. The van der Waals surface area contributed by atoms with Crippen LogP contribution < -0.4 is 15.4 Å². The van der Waals surface area contributed by atoms with E-state index in [4.69, 9.17) is 10.5 Å². The quantitative estimate of drug-likeness (QED) is 0.463. The average molecular weight is 458 g/mol. The summed E-state index contributed by atoms with van der Waals surface area (Å²) in [4.78, 5) is 29.5. The van der Waals surface area contributed by atoms with Crippen LogP contribution >= 0.6 is 0 Å². The summed E-state index contributed by atoms with van der Waals surface area (Å²) in [7, 11) is 0. The number of piperazine rings is 1. The second kappa shape index (κ2) is 11.5. The van der Waals surface area contributed by atoms with Gasteiger partial charge in [-0.3, -0.25) is 14.5 Å². The van der Waals surface area contributed by atoms with Crippen molar-refractivity contribution in [2.45, 2.75) is 19.4 Å². The summed E-state index contributed by atoms with van der Waals surface area (Å²) in [6, 6.07) is 25.1. The van der Waals surface area contributed by atoms with Crippen molar-refractivity contribution in [3.63, 3.8) is 0 Å². The molecule has 0 unspecified atom stereocenters. The van der Waals surface area contributed by atoms with Crippen molar-refractivity contribution in [1.82, 2.24) is 4.90 Å². The number of Topliss-reactive ketones (excluding diaryl/α,β-unsaturated/α-hetero) is 1. The number of benzene rings is 3. The number of carbonyl (C=O) groups is 2.